The third-order valence-electron chi connectivity index (χ3n) is 2.31. The molecule has 7 heteroatoms. The molecule has 100 valence electrons. The van der Waals surface area contributed by atoms with E-state index in [1.165, 1.54) is 10.9 Å². The summed E-state index contributed by atoms with van der Waals surface area (Å²) in [5.74, 6) is 0.324. The van der Waals surface area contributed by atoms with Crippen LogP contribution in [0.15, 0.2) is 24.5 Å². The van der Waals surface area contributed by atoms with Gasteiger partial charge in [0.2, 0.25) is 0 Å². The van der Waals surface area contributed by atoms with Gasteiger partial charge in [-0.25, -0.2) is 9.67 Å². The van der Waals surface area contributed by atoms with E-state index in [1.54, 1.807) is 18.3 Å². The van der Waals surface area contributed by atoms with E-state index in [0.29, 0.717) is 11.6 Å². The van der Waals surface area contributed by atoms with Crippen LogP contribution in [0.4, 0.5) is 5.69 Å². The van der Waals surface area contributed by atoms with Crippen molar-refractivity contribution in [3.63, 3.8) is 0 Å². The maximum Gasteiger partial charge on any atom is 0.271 e. The van der Waals surface area contributed by atoms with Gasteiger partial charge in [0.15, 0.2) is 17.3 Å². The summed E-state index contributed by atoms with van der Waals surface area (Å²) < 4.78 is 7.01. The molecule has 0 aliphatic rings. The van der Waals surface area contributed by atoms with Crippen LogP contribution in [0.25, 0.3) is 5.82 Å². The monoisotopic (exact) mass is 261 g/mol. The summed E-state index contributed by atoms with van der Waals surface area (Å²) in [5, 5.41) is 4.02. The van der Waals surface area contributed by atoms with Crippen LogP contribution in [0.5, 0.6) is 5.75 Å². The zero-order valence-corrected chi connectivity index (χ0v) is 10.7. The highest BCUT2D eigenvalue weighted by Crippen LogP contribution is 2.22. The van der Waals surface area contributed by atoms with Crippen LogP contribution in [-0.2, 0) is 0 Å². The minimum Gasteiger partial charge on any atom is -0.487 e. The predicted molar refractivity (Wildman–Crippen MR) is 70.1 cm³/mol. The molecule has 2 aromatic heterocycles. The van der Waals surface area contributed by atoms with Gasteiger partial charge in [0.1, 0.15) is 0 Å². The second-order valence-corrected chi connectivity index (χ2v) is 4.23. The van der Waals surface area contributed by atoms with Gasteiger partial charge in [-0.2, -0.15) is 5.10 Å². The number of anilines is 1. The van der Waals surface area contributed by atoms with Gasteiger partial charge >= 0.3 is 0 Å². The first-order chi connectivity index (χ1) is 8.99. The van der Waals surface area contributed by atoms with Crippen molar-refractivity contribution < 1.29 is 9.53 Å². The molecule has 2 heterocycles. The first-order valence-electron chi connectivity index (χ1n) is 5.76. The molecule has 0 aromatic carbocycles. The Hall–Kier alpha value is -2.57. The van der Waals surface area contributed by atoms with Crippen molar-refractivity contribution in [2.24, 2.45) is 5.73 Å². The lowest BCUT2D eigenvalue weighted by Gasteiger charge is -2.12. The Morgan fingerprint density at radius 2 is 2.21 bits per heavy atom. The quantitative estimate of drug-likeness (QED) is 0.843. The van der Waals surface area contributed by atoms with Crippen molar-refractivity contribution in [3.8, 4) is 11.6 Å². The molecular formula is C12H15N5O2. The van der Waals surface area contributed by atoms with E-state index in [4.69, 9.17) is 16.2 Å². The highest BCUT2D eigenvalue weighted by molar-refractivity contribution is 5.95. The maximum atomic E-state index is 11.1. The van der Waals surface area contributed by atoms with Crippen LogP contribution in [0.3, 0.4) is 0 Å². The molecule has 19 heavy (non-hydrogen) atoms. The molecule has 0 saturated heterocycles. The number of hydrogen-bond donors (Lipinski definition) is 2. The molecule has 0 saturated carbocycles. The molecular weight excluding hydrogens is 246 g/mol. The third-order valence-corrected chi connectivity index (χ3v) is 2.31. The van der Waals surface area contributed by atoms with Crippen molar-refractivity contribution in [1.82, 2.24) is 14.8 Å². The summed E-state index contributed by atoms with van der Waals surface area (Å²) in [4.78, 5) is 15.3. The second kappa shape index (κ2) is 4.97. The molecule has 0 aliphatic heterocycles. The molecule has 0 radical (unpaired) electrons. The van der Waals surface area contributed by atoms with Crippen LogP contribution in [0.2, 0.25) is 0 Å². The number of carbonyl (C=O) groups excluding carboxylic acids is 1. The molecule has 4 N–H and O–H groups in total. The molecule has 2 rings (SSSR count). The Morgan fingerprint density at radius 3 is 2.79 bits per heavy atom. The van der Waals surface area contributed by atoms with Crippen molar-refractivity contribution in [1.29, 1.82) is 0 Å². The first kappa shape index (κ1) is 12.9. The van der Waals surface area contributed by atoms with Crippen LogP contribution in [0, 0.1) is 0 Å². The zero-order chi connectivity index (χ0) is 14.0. The normalized spacial score (nSPS) is 10.7. The number of primary amides is 1. The number of rotatable bonds is 4. The van der Waals surface area contributed by atoms with E-state index >= 15 is 0 Å². The highest BCUT2D eigenvalue weighted by atomic mass is 16.5. The topological polar surface area (TPSA) is 109 Å². The first-order valence-corrected chi connectivity index (χ1v) is 5.76. The van der Waals surface area contributed by atoms with E-state index in [2.05, 4.69) is 10.1 Å². The molecule has 7 nitrogen and oxygen atoms in total. The number of nitrogens with zero attached hydrogens (tertiary/aromatic N) is 3. The fraction of sp³-hybridized carbons (Fsp3) is 0.250. The number of aromatic nitrogens is 3. The summed E-state index contributed by atoms with van der Waals surface area (Å²) in [6, 6.07) is 3.52. The molecule has 0 fully saturated rings. The Bertz CT molecular complexity index is 606. The molecule has 0 bridgehead atoms. The summed E-state index contributed by atoms with van der Waals surface area (Å²) in [6.45, 7) is 3.81. The van der Waals surface area contributed by atoms with Gasteiger partial charge in [0, 0.05) is 6.20 Å². The average molecular weight is 261 g/mol. The van der Waals surface area contributed by atoms with E-state index in [-0.39, 0.29) is 17.5 Å². The largest absolute Gasteiger partial charge is 0.487 e. The fourth-order valence-electron chi connectivity index (χ4n) is 1.59. The molecule has 0 unspecified atom stereocenters. The number of ether oxygens (including phenoxy) is 1. The molecule has 0 spiro atoms. The van der Waals surface area contributed by atoms with Gasteiger partial charge in [-0.15, -0.1) is 0 Å². The predicted octanol–water partition coefficient (Wildman–Crippen LogP) is 0.736. The minimum atomic E-state index is -0.682. The van der Waals surface area contributed by atoms with E-state index in [1.807, 2.05) is 13.8 Å². The van der Waals surface area contributed by atoms with E-state index in [0.717, 1.165) is 0 Å². The smallest absolute Gasteiger partial charge is 0.271 e. The van der Waals surface area contributed by atoms with Gasteiger partial charge in [-0.3, -0.25) is 4.79 Å². The summed E-state index contributed by atoms with van der Waals surface area (Å²) in [5.41, 5.74) is 11.1. The van der Waals surface area contributed by atoms with Crippen molar-refractivity contribution >= 4 is 11.6 Å². The lowest BCUT2D eigenvalue weighted by Crippen LogP contribution is -2.14. The summed E-state index contributed by atoms with van der Waals surface area (Å²) in [6.07, 6.45) is 3.08. The number of amides is 1. The minimum absolute atomic E-state index is 0.00790. The Morgan fingerprint density at radius 1 is 1.47 bits per heavy atom. The SMILES string of the molecule is CC(C)Oc1cccnc1-n1cc(N)c(C(N)=O)n1. The van der Waals surface area contributed by atoms with Crippen LogP contribution in [0.1, 0.15) is 24.3 Å². The van der Waals surface area contributed by atoms with E-state index < -0.39 is 5.91 Å². The molecule has 0 aliphatic carbocycles. The third kappa shape index (κ3) is 2.65. The Kier molecular flexibility index (Phi) is 3.37. The number of pyridine rings is 1. The number of nitrogen functional groups attached to an aromatic ring is 1. The van der Waals surface area contributed by atoms with Gasteiger partial charge in [0.05, 0.1) is 18.0 Å². The molecule has 1 amide bonds. The van der Waals surface area contributed by atoms with Crippen LogP contribution in [-0.4, -0.2) is 26.8 Å². The van der Waals surface area contributed by atoms with E-state index in [9.17, 15) is 4.79 Å². The number of nitrogens with two attached hydrogens (primary N) is 2. The van der Waals surface area contributed by atoms with Gasteiger partial charge < -0.3 is 16.2 Å². The van der Waals surface area contributed by atoms with Gasteiger partial charge in [-0.1, -0.05) is 0 Å². The highest BCUT2D eigenvalue weighted by Gasteiger charge is 2.15. The van der Waals surface area contributed by atoms with Gasteiger partial charge in [-0.05, 0) is 26.0 Å². The van der Waals surface area contributed by atoms with Crippen LogP contribution >= 0.6 is 0 Å². The van der Waals surface area contributed by atoms with Crippen molar-refractivity contribution in [3.05, 3.63) is 30.2 Å². The second-order valence-electron chi connectivity index (χ2n) is 4.23. The number of hydrogen-bond acceptors (Lipinski definition) is 5. The molecule has 2 aromatic rings. The lowest BCUT2D eigenvalue weighted by molar-refractivity contribution is 0.0996. The lowest BCUT2D eigenvalue weighted by atomic mass is 10.4. The maximum absolute atomic E-state index is 11.1. The Labute approximate surface area is 110 Å². The fourth-order valence-corrected chi connectivity index (χ4v) is 1.59. The zero-order valence-electron chi connectivity index (χ0n) is 10.7. The number of carbonyl (C=O) groups is 1. The standard InChI is InChI=1S/C12H15N5O2/c1-7(2)19-9-4-3-5-15-12(9)17-6-8(13)10(16-17)11(14)18/h3-7H,13H2,1-2H3,(H2,14,18). The average Bonchev–Trinajstić information content (AvgIpc) is 2.71. The molecule has 0 atom stereocenters. The van der Waals surface area contributed by atoms with Crippen molar-refractivity contribution in [2.75, 3.05) is 5.73 Å². The van der Waals surface area contributed by atoms with Gasteiger partial charge in [0.25, 0.3) is 5.91 Å². The summed E-state index contributed by atoms with van der Waals surface area (Å²) >= 11 is 0. The van der Waals surface area contributed by atoms with Crippen molar-refractivity contribution in [2.45, 2.75) is 20.0 Å². The van der Waals surface area contributed by atoms with Crippen LogP contribution < -0.4 is 16.2 Å². The summed E-state index contributed by atoms with van der Waals surface area (Å²) in [7, 11) is 0. The Balaban J connectivity index is 2.47.